The second-order valence-electron chi connectivity index (χ2n) is 5.69. The highest BCUT2D eigenvalue weighted by Crippen LogP contribution is 2.17. The Hall–Kier alpha value is -2.53. The van der Waals surface area contributed by atoms with Gasteiger partial charge in [0.05, 0.1) is 5.69 Å². The van der Waals surface area contributed by atoms with E-state index in [-0.39, 0.29) is 5.91 Å². The average Bonchev–Trinajstić information content (AvgIpc) is 3.05. The minimum absolute atomic E-state index is 0.123. The van der Waals surface area contributed by atoms with Gasteiger partial charge >= 0.3 is 0 Å². The quantitative estimate of drug-likeness (QED) is 0.515. The van der Waals surface area contributed by atoms with Gasteiger partial charge < -0.3 is 5.32 Å². The van der Waals surface area contributed by atoms with Gasteiger partial charge in [-0.25, -0.2) is 4.68 Å². The molecule has 0 atom stereocenters. The summed E-state index contributed by atoms with van der Waals surface area (Å²) in [5.74, 6) is 0.851. The molecule has 3 aromatic rings. The number of amides is 1. The van der Waals surface area contributed by atoms with Crippen molar-refractivity contribution in [3.05, 3.63) is 78.1 Å². The molecular weight excluding hydrogens is 330 g/mol. The molecule has 0 spiro atoms. The molecular formula is C20H21N3OS. The summed E-state index contributed by atoms with van der Waals surface area (Å²) < 4.78 is 1.79. The molecule has 3 rings (SSSR count). The first kappa shape index (κ1) is 17.3. The smallest absolute Gasteiger partial charge is 0.271 e. The monoisotopic (exact) mass is 351 g/mol. The predicted octanol–water partition coefficient (Wildman–Crippen LogP) is 4.09. The fraction of sp³-hybridized carbons (Fsp3) is 0.200. The number of nitrogens with zero attached hydrogens (tertiary/aromatic N) is 2. The Balaban J connectivity index is 1.49. The highest BCUT2D eigenvalue weighted by Gasteiger charge is 2.12. The lowest BCUT2D eigenvalue weighted by Crippen LogP contribution is -2.25. The van der Waals surface area contributed by atoms with Crippen LogP contribution in [0.4, 0.5) is 0 Å². The number of carbonyl (C=O) groups excluding carboxylic acids is 1. The van der Waals surface area contributed by atoms with Gasteiger partial charge in [0.15, 0.2) is 5.69 Å². The van der Waals surface area contributed by atoms with Gasteiger partial charge in [-0.3, -0.25) is 4.79 Å². The van der Waals surface area contributed by atoms with Crippen LogP contribution in [-0.2, 0) is 0 Å². The van der Waals surface area contributed by atoms with E-state index in [1.165, 1.54) is 4.90 Å². The van der Waals surface area contributed by atoms with Gasteiger partial charge in [0, 0.05) is 17.1 Å². The maximum Gasteiger partial charge on any atom is 0.271 e. The first-order chi connectivity index (χ1) is 12.2. The first-order valence-electron chi connectivity index (χ1n) is 8.32. The molecule has 1 amide bonds. The van der Waals surface area contributed by atoms with Crippen LogP contribution in [0.2, 0.25) is 0 Å². The molecule has 0 saturated carbocycles. The number of thioether (sulfide) groups is 1. The van der Waals surface area contributed by atoms with Crippen molar-refractivity contribution in [2.75, 3.05) is 12.3 Å². The lowest BCUT2D eigenvalue weighted by atomic mass is 10.3. The molecule has 0 unspecified atom stereocenters. The number of hydrogen-bond donors (Lipinski definition) is 1. The van der Waals surface area contributed by atoms with E-state index in [9.17, 15) is 4.79 Å². The van der Waals surface area contributed by atoms with Gasteiger partial charge in [-0.1, -0.05) is 36.4 Å². The van der Waals surface area contributed by atoms with E-state index in [2.05, 4.69) is 22.5 Å². The lowest BCUT2D eigenvalue weighted by molar-refractivity contribution is 0.0948. The molecule has 128 valence electrons. The molecule has 1 aromatic heterocycles. The Bertz CT molecular complexity index is 815. The summed E-state index contributed by atoms with van der Waals surface area (Å²) in [5.41, 5.74) is 2.35. The van der Waals surface area contributed by atoms with Gasteiger partial charge in [0.25, 0.3) is 5.91 Å². The minimum Gasteiger partial charge on any atom is -0.351 e. The molecule has 1 heterocycles. The van der Waals surface area contributed by atoms with Crippen LogP contribution in [0, 0.1) is 6.92 Å². The Kier molecular flexibility index (Phi) is 5.90. The largest absolute Gasteiger partial charge is 0.351 e. The average molecular weight is 351 g/mol. The molecule has 0 aliphatic carbocycles. The molecule has 0 radical (unpaired) electrons. The molecule has 0 aliphatic heterocycles. The van der Waals surface area contributed by atoms with Gasteiger partial charge in [0.1, 0.15) is 0 Å². The SMILES string of the molecule is Cc1cc(C(=O)NCCCSc2ccccc2)nn1-c1ccccc1. The molecule has 0 bridgehead atoms. The van der Waals surface area contributed by atoms with Crippen LogP contribution < -0.4 is 5.32 Å². The highest BCUT2D eigenvalue weighted by molar-refractivity contribution is 7.99. The molecule has 0 saturated heterocycles. The van der Waals surface area contributed by atoms with E-state index in [1.54, 1.807) is 16.4 Å². The second kappa shape index (κ2) is 8.53. The maximum atomic E-state index is 12.3. The molecule has 0 aliphatic rings. The normalized spacial score (nSPS) is 10.6. The number of carbonyl (C=O) groups is 1. The standard InChI is InChI=1S/C20H21N3OS/c1-16-15-19(22-23(16)17-9-4-2-5-10-17)20(24)21-13-8-14-25-18-11-6-3-7-12-18/h2-7,9-12,15H,8,13-14H2,1H3,(H,21,24). The fourth-order valence-corrected chi connectivity index (χ4v) is 3.36. The summed E-state index contributed by atoms with van der Waals surface area (Å²) in [4.78, 5) is 13.5. The molecule has 0 fully saturated rings. The van der Waals surface area contributed by atoms with E-state index < -0.39 is 0 Å². The van der Waals surface area contributed by atoms with E-state index in [1.807, 2.05) is 61.5 Å². The second-order valence-corrected chi connectivity index (χ2v) is 6.86. The van der Waals surface area contributed by atoms with Crippen molar-refractivity contribution in [2.45, 2.75) is 18.2 Å². The number of aromatic nitrogens is 2. The van der Waals surface area contributed by atoms with Crippen LogP contribution in [0.15, 0.2) is 71.6 Å². The summed E-state index contributed by atoms with van der Waals surface area (Å²) >= 11 is 1.80. The third-order valence-corrected chi connectivity index (χ3v) is 4.84. The summed E-state index contributed by atoms with van der Waals surface area (Å²) in [6, 6.07) is 21.9. The van der Waals surface area contributed by atoms with Crippen LogP contribution in [0.1, 0.15) is 22.6 Å². The van der Waals surface area contributed by atoms with Crippen molar-refractivity contribution in [3.8, 4) is 5.69 Å². The third kappa shape index (κ3) is 4.73. The van der Waals surface area contributed by atoms with Gasteiger partial charge in [0.2, 0.25) is 0 Å². The number of aryl methyl sites for hydroxylation is 1. The van der Waals surface area contributed by atoms with Gasteiger partial charge in [-0.15, -0.1) is 11.8 Å². The zero-order valence-corrected chi connectivity index (χ0v) is 15.0. The van der Waals surface area contributed by atoms with Crippen molar-refractivity contribution in [1.29, 1.82) is 0 Å². The summed E-state index contributed by atoms with van der Waals surface area (Å²) in [5, 5.41) is 7.37. The van der Waals surface area contributed by atoms with E-state index >= 15 is 0 Å². The zero-order chi connectivity index (χ0) is 17.5. The van der Waals surface area contributed by atoms with Crippen molar-refractivity contribution in [1.82, 2.24) is 15.1 Å². The summed E-state index contributed by atoms with van der Waals surface area (Å²) in [6.45, 7) is 2.60. The van der Waals surface area contributed by atoms with Crippen LogP contribution in [0.3, 0.4) is 0 Å². The summed E-state index contributed by atoms with van der Waals surface area (Å²) in [7, 11) is 0. The van der Waals surface area contributed by atoms with Crippen molar-refractivity contribution in [3.63, 3.8) is 0 Å². The molecule has 4 nitrogen and oxygen atoms in total. The molecule has 1 N–H and O–H groups in total. The van der Waals surface area contributed by atoms with Crippen molar-refractivity contribution < 1.29 is 4.79 Å². The first-order valence-corrected chi connectivity index (χ1v) is 9.31. The molecule has 2 aromatic carbocycles. The third-order valence-electron chi connectivity index (χ3n) is 3.74. The van der Waals surface area contributed by atoms with Gasteiger partial charge in [-0.05, 0) is 49.4 Å². The maximum absolute atomic E-state index is 12.3. The molecule has 25 heavy (non-hydrogen) atoms. The van der Waals surface area contributed by atoms with E-state index in [0.717, 1.165) is 23.6 Å². The number of hydrogen-bond acceptors (Lipinski definition) is 3. The van der Waals surface area contributed by atoms with Crippen molar-refractivity contribution in [2.24, 2.45) is 0 Å². The predicted molar refractivity (Wildman–Crippen MR) is 102 cm³/mol. The van der Waals surface area contributed by atoms with Gasteiger partial charge in [-0.2, -0.15) is 5.10 Å². The summed E-state index contributed by atoms with van der Waals surface area (Å²) in [6.07, 6.45) is 0.920. The van der Waals surface area contributed by atoms with Crippen LogP contribution >= 0.6 is 11.8 Å². The lowest BCUT2D eigenvalue weighted by Gasteiger charge is -2.04. The van der Waals surface area contributed by atoms with E-state index in [0.29, 0.717) is 12.2 Å². The number of rotatable bonds is 7. The van der Waals surface area contributed by atoms with E-state index in [4.69, 9.17) is 0 Å². The number of benzene rings is 2. The highest BCUT2D eigenvalue weighted by atomic mass is 32.2. The number of nitrogens with one attached hydrogen (secondary N) is 1. The molecule has 5 heteroatoms. The Morgan fingerprint density at radius 3 is 2.48 bits per heavy atom. The fourth-order valence-electron chi connectivity index (χ4n) is 2.49. The Labute approximate surface area is 152 Å². The van der Waals surface area contributed by atoms with Crippen LogP contribution in [-0.4, -0.2) is 28.0 Å². The number of para-hydroxylation sites is 1. The Morgan fingerprint density at radius 2 is 1.76 bits per heavy atom. The zero-order valence-electron chi connectivity index (χ0n) is 14.2. The van der Waals surface area contributed by atoms with Crippen molar-refractivity contribution >= 4 is 17.7 Å². The topological polar surface area (TPSA) is 46.9 Å². The Morgan fingerprint density at radius 1 is 1.08 bits per heavy atom. The van der Waals surface area contributed by atoms with Crippen LogP contribution in [0.5, 0.6) is 0 Å². The van der Waals surface area contributed by atoms with Crippen LogP contribution in [0.25, 0.3) is 5.69 Å². The minimum atomic E-state index is -0.123.